The zero-order valence-corrected chi connectivity index (χ0v) is 10.2. The van der Waals surface area contributed by atoms with Gasteiger partial charge in [0, 0.05) is 0 Å². The fourth-order valence-corrected chi connectivity index (χ4v) is 0.785. The molecule has 3 heteroatoms. The quantitative estimate of drug-likeness (QED) is 0.542. The molecule has 0 heterocycles. The van der Waals surface area contributed by atoms with E-state index in [1.807, 2.05) is 12.1 Å². The molecule has 0 aromatic heterocycles. The third-order valence-electron chi connectivity index (χ3n) is 1.41. The van der Waals surface area contributed by atoms with Gasteiger partial charge >= 0.3 is 34.5 Å². The summed E-state index contributed by atoms with van der Waals surface area (Å²) in [6.45, 7) is 4.38. The van der Waals surface area contributed by atoms with Gasteiger partial charge in [-0.25, -0.2) is 0 Å². The van der Waals surface area contributed by atoms with E-state index >= 15 is 0 Å². The Labute approximate surface area is 90.0 Å². The van der Waals surface area contributed by atoms with Crippen LogP contribution in [-0.4, -0.2) is 0 Å². The summed E-state index contributed by atoms with van der Waals surface area (Å²) >= 11 is -0.346. The van der Waals surface area contributed by atoms with Gasteiger partial charge in [0.05, 0.1) is 0 Å². The van der Waals surface area contributed by atoms with Gasteiger partial charge in [-0.2, -0.15) is 35.9 Å². The third-order valence-corrected chi connectivity index (χ3v) is 1.41. The number of halogens is 2. The summed E-state index contributed by atoms with van der Waals surface area (Å²) < 4.78 is 0. The van der Waals surface area contributed by atoms with Crippen molar-refractivity contribution in [3.05, 3.63) is 35.9 Å². The minimum absolute atomic E-state index is 0.346. The van der Waals surface area contributed by atoms with Crippen molar-refractivity contribution >= 4 is 19.4 Å². The second-order valence-electron chi connectivity index (χ2n) is 2.54. The van der Waals surface area contributed by atoms with E-state index in [1.165, 1.54) is 5.56 Å². The Morgan fingerprint density at radius 2 is 1.67 bits per heavy atom. The Kier molecular flexibility index (Phi) is 8.33. The van der Waals surface area contributed by atoms with Crippen LogP contribution in [0.4, 0.5) is 0 Å². The summed E-state index contributed by atoms with van der Waals surface area (Å²) in [4.78, 5) is 0. The minimum atomic E-state index is -0.346. The molecule has 0 aliphatic carbocycles. The fraction of sp³-hybridized carbons (Fsp3) is 0.333. The molecule has 1 rings (SSSR count). The molecule has 0 bridgehead atoms. The Morgan fingerprint density at radius 3 is 1.92 bits per heavy atom. The van der Waals surface area contributed by atoms with Gasteiger partial charge in [-0.3, -0.25) is 0 Å². The number of benzene rings is 1. The van der Waals surface area contributed by atoms with Crippen LogP contribution in [0.1, 0.15) is 25.3 Å². The van der Waals surface area contributed by atoms with Crippen molar-refractivity contribution in [1.29, 1.82) is 0 Å². The maximum absolute atomic E-state index is 4.85. The van der Waals surface area contributed by atoms with Crippen LogP contribution in [0.25, 0.3) is 0 Å². The topological polar surface area (TPSA) is 0 Å². The van der Waals surface area contributed by atoms with Crippen molar-refractivity contribution in [2.24, 2.45) is 0 Å². The van der Waals surface area contributed by atoms with E-state index in [4.69, 9.17) is 19.4 Å². The maximum atomic E-state index is 4.85. The van der Waals surface area contributed by atoms with E-state index in [9.17, 15) is 0 Å². The van der Waals surface area contributed by atoms with E-state index < -0.39 is 0 Å². The fourth-order valence-electron chi connectivity index (χ4n) is 0.785. The predicted molar refractivity (Wildman–Crippen MR) is 51.1 cm³/mol. The second kappa shape index (κ2) is 8.04. The predicted octanol–water partition coefficient (Wildman–Crippen LogP) is 3.99. The van der Waals surface area contributed by atoms with Crippen LogP contribution >= 0.6 is 19.4 Å². The Balaban J connectivity index is 0.000000354. The summed E-state index contributed by atoms with van der Waals surface area (Å²) in [5.41, 5.74) is 1.38. The molecule has 0 N–H and O–H groups in total. The molecule has 70 valence electrons. The van der Waals surface area contributed by atoms with E-state index in [0.717, 1.165) is 0 Å². The molecule has 0 aliphatic rings. The monoisotopic (exact) mass is 291 g/mol. The third kappa shape index (κ3) is 6.00. The zero-order chi connectivity index (χ0) is 9.40. The summed E-state index contributed by atoms with van der Waals surface area (Å²) in [5.74, 6) is 0.639. The number of hydrogen-bond acceptors (Lipinski definition) is 0. The van der Waals surface area contributed by atoms with Crippen LogP contribution in [-0.2, 0) is 15.1 Å². The van der Waals surface area contributed by atoms with Gasteiger partial charge in [0.1, 0.15) is 0 Å². The average molecular weight is 291 g/mol. The van der Waals surface area contributed by atoms with Gasteiger partial charge in [0.15, 0.2) is 0 Å². The standard InChI is InChI=1S/C9H11.2ClH.Ru/c1-8(2)9-6-4-3-5-7-9;;;/h4-8H,1-2H3;2*1H;/q-1;;;+2/p-2. The normalized spacial score (nSPS) is 9.42. The van der Waals surface area contributed by atoms with Crippen LogP contribution in [0.15, 0.2) is 24.3 Å². The molecule has 1 aromatic rings. The van der Waals surface area contributed by atoms with Crippen LogP contribution in [0.2, 0.25) is 0 Å². The van der Waals surface area contributed by atoms with Crippen molar-refractivity contribution < 1.29 is 15.1 Å². The second-order valence-corrected chi connectivity index (χ2v) is 5.18. The van der Waals surface area contributed by atoms with Crippen LogP contribution in [0.3, 0.4) is 0 Å². The summed E-state index contributed by atoms with van der Waals surface area (Å²) in [5, 5.41) is 0. The van der Waals surface area contributed by atoms with Gasteiger partial charge in [-0.15, -0.1) is 0 Å². The van der Waals surface area contributed by atoms with Gasteiger partial charge in [-0.1, -0.05) is 13.8 Å². The first-order chi connectivity index (χ1) is 5.72. The molecule has 0 aliphatic heterocycles. The molecule has 0 unspecified atom stereocenters. The van der Waals surface area contributed by atoms with Crippen molar-refractivity contribution in [1.82, 2.24) is 0 Å². The SMILES string of the molecule is CC(C)c1cc[c-]cc1.[Cl][Ru][Cl]. The molecule has 12 heavy (non-hydrogen) atoms. The van der Waals surface area contributed by atoms with E-state index in [-0.39, 0.29) is 15.1 Å². The van der Waals surface area contributed by atoms with E-state index in [2.05, 4.69) is 32.0 Å². The Hall–Kier alpha value is 0.423. The van der Waals surface area contributed by atoms with Crippen LogP contribution < -0.4 is 0 Å². The first-order valence-electron chi connectivity index (χ1n) is 3.53. The summed E-state index contributed by atoms with van der Waals surface area (Å²) in [6.07, 6.45) is 0. The Morgan fingerprint density at radius 1 is 1.25 bits per heavy atom. The van der Waals surface area contributed by atoms with Crippen molar-refractivity contribution in [3.8, 4) is 0 Å². The molecule has 0 nitrogen and oxygen atoms in total. The molecule has 0 spiro atoms. The molecule has 0 saturated carbocycles. The van der Waals surface area contributed by atoms with Crippen molar-refractivity contribution in [3.63, 3.8) is 0 Å². The zero-order valence-electron chi connectivity index (χ0n) is 7.00. The van der Waals surface area contributed by atoms with Crippen molar-refractivity contribution in [2.75, 3.05) is 0 Å². The van der Waals surface area contributed by atoms with Gasteiger partial charge in [0.2, 0.25) is 0 Å². The first-order valence-corrected chi connectivity index (χ1v) is 8.01. The van der Waals surface area contributed by atoms with Crippen LogP contribution in [0.5, 0.6) is 0 Å². The Bertz CT molecular complexity index is 187. The molecule has 1 aromatic carbocycles. The van der Waals surface area contributed by atoms with E-state index in [1.54, 1.807) is 0 Å². The molecular formula is C9H11Cl2Ru-. The van der Waals surface area contributed by atoms with Gasteiger partial charge in [0.25, 0.3) is 0 Å². The summed E-state index contributed by atoms with van der Waals surface area (Å²) in [7, 11) is 9.71. The molecular weight excluding hydrogens is 280 g/mol. The summed E-state index contributed by atoms with van der Waals surface area (Å²) in [6, 6.07) is 11.1. The first kappa shape index (κ1) is 12.4. The van der Waals surface area contributed by atoms with Crippen molar-refractivity contribution in [2.45, 2.75) is 19.8 Å². The molecule has 0 saturated heterocycles. The van der Waals surface area contributed by atoms with E-state index in [0.29, 0.717) is 5.92 Å². The molecule has 0 radical (unpaired) electrons. The number of hydrogen-bond donors (Lipinski definition) is 0. The number of rotatable bonds is 1. The van der Waals surface area contributed by atoms with Crippen LogP contribution in [0, 0.1) is 6.07 Å². The van der Waals surface area contributed by atoms with Gasteiger partial charge in [-0.05, 0) is 5.92 Å². The molecule has 0 atom stereocenters. The molecule has 0 fully saturated rings. The van der Waals surface area contributed by atoms with Gasteiger partial charge < -0.3 is 0 Å². The molecule has 0 amide bonds. The average Bonchev–Trinajstić information content (AvgIpc) is 2.07.